The molecule has 4 heterocycles. The van der Waals surface area contributed by atoms with Crippen LogP contribution >= 0.6 is 0 Å². The minimum atomic E-state index is -1.92. The molecule has 4 saturated heterocycles. The van der Waals surface area contributed by atoms with E-state index in [-0.39, 0.29) is 31.3 Å². The zero-order valence-corrected chi connectivity index (χ0v) is 46.0. The van der Waals surface area contributed by atoms with Crippen LogP contribution in [0.15, 0.2) is 11.6 Å². The van der Waals surface area contributed by atoms with Crippen molar-refractivity contribution in [1.82, 2.24) is 0 Å². The molecule has 0 amide bonds. The molecule has 0 spiro atoms. The summed E-state index contributed by atoms with van der Waals surface area (Å²) in [4.78, 5) is 0. The van der Waals surface area contributed by atoms with Crippen molar-refractivity contribution < 1.29 is 125 Å². The van der Waals surface area contributed by atoms with Crippen molar-refractivity contribution in [3.05, 3.63) is 11.6 Å². The van der Waals surface area contributed by atoms with Crippen molar-refractivity contribution in [2.75, 3.05) is 33.0 Å². The van der Waals surface area contributed by atoms with E-state index in [1.165, 1.54) is 6.92 Å². The minimum Gasteiger partial charge on any atom is -0.394 e. The third kappa shape index (κ3) is 9.84. The Morgan fingerprint density at radius 2 is 1.00 bits per heavy atom. The average molecular weight is 1140 g/mol. The van der Waals surface area contributed by atoms with Gasteiger partial charge in [-0.15, -0.1) is 0 Å². The van der Waals surface area contributed by atoms with Crippen LogP contribution in [0.3, 0.4) is 0 Å². The predicted octanol–water partition coefficient (Wildman–Crippen LogP) is -4.65. The number of aliphatic hydroxyl groups is 17. The molecule has 0 radical (unpaired) electrons. The Balaban J connectivity index is 0.998. The highest BCUT2D eigenvalue weighted by Crippen LogP contribution is 2.76. The smallest absolute Gasteiger partial charge is 0.187 e. The van der Waals surface area contributed by atoms with Crippen LogP contribution in [0.2, 0.25) is 0 Å². The second-order valence-electron chi connectivity index (χ2n) is 26.4. The van der Waals surface area contributed by atoms with Gasteiger partial charge in [0.15, 0.2) is 25.2 Å². The summed E-state index contributed by atoms with van der Waals surface area (Å²) in [5.74, 6) is -0.917. The molecule has 5 aliphatic carbocycles. The van der Waals surface area contributed by atoms with E-state index in [0.717, 1.165) is 5.57 Å². The van der Waals surface area contributed by atoms with Gasteiger partial charge >= 0.3 is 0 Å². The standard InChI is InChI=1S/C54H90O25/c1-21-31(60)35(64)39(68)45(74-21)78-41-37(66)33(62)25(17-56)76-47(41)72-19-51(5)27-10-13-52(6)28(50(27,4)12-11-29(51)58)9-8-22-23-14-49(2,3)43(70)44(71)54(23,30(59)15-53(22,52)7)20-73-48-42(38(67)34(63)26(18-57)77-48)79-46-40(69)36(65)32(61)24(16-55)75-46/h8,21,23-48,55-71H,9-20H2,1-7H3/t21-,23-,24+,25+,26+,27+,28-,29-,30+,31-,32+,33+,34+,35+,36-,37-,38-,39+,40+,41+,42+,43-,44-,45-,46-,47+,48+,50-,51+,52+,53+,54-/m0/s1. The fourth-order valence-electron chi connectivity index (χ4n) is 16.7. The van der Waals surface area contributed by atoms with Crippen LogP contribution in [-0.2, 0) is 37.9 Å². The third-order valence-corrected chi connectivity index (χ3v) is 21.9. The summed E-state index contributed by atoms with van der Waals surface area (Å²) >= 11 is 0. The van der Waals surface area contributed by atoms with Crippen LogP contribution < -0.4 is 0 Å². The van der Waals surface area contributed by atoms with Crippen LogP contribution in [0.25, 0.3) is 0 Å². The van der Waals surface area contributed by atoms with Gasteiger partial charge in [0.1, 0.15) is 91.6 Å². The van der Waals surface area contributed by atoms with Gasteiger partial charge in [-0.25, -0.2) is 0 Å². The Hall–Kier alpha value is -1.26. The summed E-state index contributed by atoms with van der Waals surface area (Å²) in [7, 11) is 0. The first-order valence-electron chi connectivity index (χ1n) is 28.2. The van der Waals surface area contributed by atoms with E-state index in [2.05, 4.69) is 26.8 Å². The van der Waals surface area contributed by atoms with E-state index in [1.54, 1.807) is 0 Å². The Bertz CT molecular complexity index is 2140. The van der Waals surface area contributed by atoms with Crippen molar-refractivity contribution in [3.63, 3.8) is 0 Å². The van der Waals surface area contributed by atoms with Crippen molar-refractivity contribution in [3.8, 4) is 0 Å². The highest BCUT2D eigenvalue weighted by Gasteiger charge is 2.73. The molecule has 79 heavy (non-hydrogen) atoms. The molecule has 8 fully saturated rings. The number of aliphatic hydroxyl groups excluding tert-OH is 17. The van der Waals surface area contributed by atoms with E-state index in [1.807, 2.05) is 20.8 Å². The number of hydrogen-bond donors (Lipinski definition) is 17. The van der Waals surface area contributed by atoms with Gasteiger partial charge in [-0.05, 0) is 91.3 Å². The maximum Gasteiger partial charge on any atom is 0.187 e. The molecule has 25 heteroatoms. The van der Waals surface area contributed by atoms with E-state index in [9.17, 15) is 86.8 Å². The Morgan fingerprint density at radius 3 is 1.54 bits per heavy atom. The Kier molecular flexibility index (Phi) is 17.8. The fourth-order valence-corrected chi connectivity index (χ4v) is 16.7. The summed E-state index contributed by atoms with van der Waals surface area (Å²) in [6.07, 6.45) is -32.5. The zero-order valence-electron chi connectivity index (χ0n) is 46.0. The minimum absolute atomic E-state index is 0.0619. The monoisotopic (exact) mass is 1140 g/mol. The van der Waals surface area contributed by atoms with Crippen LogP contribution in [0.1, 0.15) is 93.4 Å². The first-order chi connectivity index (χ1) is 36.9. The Morgan fingerprint density at radius 1 is 0.506 bits per heavy atom. The van der Waals surface area contributed by atoms with Gasteiger partial charge in [0.2, 0.25) is 0 Å². The molecule has 0 aromatic rings. The number of allylic oxidation sites excluding steroid dienone is 2. The Labute approximate surface area is 459 Å². The molecule has 0 bridgehead atoms. The first-order valence-corrected chi connectivity index (χ1v) is 28.2. The molecule has 0 aromatic carbocycles. The summed E-state index contributed by atoms with van der Waals surface area (Å²) in [5, 5.41) is 188. The zero-order chi connectivity index (χ0) is 58.0. The largest absolute Gasteiger partial charge is 0.394 e. The number of rotatable bonds is 13. The van der Waals surface area contributed by atoms with Crippen molar-refractivity contribution in [1.29, 1.82) is 0 Å². The lowest BCUT2D eigenvalue weighted by Gasteiger charge is -2.72. The topological polar surface area (TPSA) is 418 Å². The van der Waals surface area contributed by atoms with E-state index < -0.39 is 212 Å². The highest BCUT2D eigenvalue weighted by molar-refractivity contribution is 5.36. The SMILES string of the molecule is C[C@@H]1O[C@@H](O[C@H]2[C@H](OC[C@]3(C)[C@@H]4CC[C@]5(C)[C@@H](CC=C6[C@@H]7CC(C)(C)[C@@H](O)[C@H](O)[C@]7(CO[C@@H]7O[C@H](CO)[C@@H](O)[C@H](O)[C@H]7O[C@@H]7O[C@H](CO)[C@@H](O)[C@H](O)[C@H]7O)[C@H](O)C[C@]65C)[C@@]4(C)CC[C@@H]3O)O[C@H](CO)[C@@H](O)[C@@H]2O)[C@H](O)[C@H](O)[C@H]1O. The van der Waals surface area contributed by atoms with Crippen molar-refractivity contribution in [2.24, 2.45) is 50.2 Å². The summed E-state index contributed by atoms with van der Waals surface area (Å²) < 4.78 is 48.2. The third-order valence-electron chi connectivity index (χ3n) is 21.9. The molecule has 0 aromatic heterocycles. The number of hydrogen-bond acceptors (Lipinski definition) is 25. The fraction of sp³-hybridized carbons (Fsp3) is 0.963. The summed E-state index contributed by atoms with van der Waals surface area (Å²) in [5.41, 5.74) is -4.35. The van der Waals surface area contributed by atoms with Gasteiger partial charge in [-0.2, -0.15) is 0 Å². The van der Waals surface area contributed by atoms with Crippen LogP contribution in [0.5, 0.6) is 0 Å². The summed E-state index contributed by atoms with van der Waals surface area (Å²) in [6, 6.07) is 0. The van der Waals surface area contributed by atoms with Crippen molar-refractivity contribution >= 4 is 0 Å². The highest BCUT2D eigenvalue weighted by atomic mass is 16.8. The molecular formula is C54H90O25. The lowest BCUT2D eigenvalue weighted by Crippen LogP contribution is -2.72. The molecule has 9 aliphatic rings. The molecule has 17 N–H and O–H groups in total. The van der Waals surface area contributed by atoms with E-state index in [0.29, 0.717) is 32.1 Å². The molecular weight excluding hydrogens is 1050 g/mol. The van der Waals surface area contributed by atoms with Gasteiger partial charge in [0, 0.05) is 5.41 Å². The van der Waals surface area contributed by atoms with E-state index in [4.69, 9.17) is 37.9 Å². The molecule has 25 nitrogen and oxygen atoms in total. The van der Waals surface area contributed by atoms with Crippen LogP contribution in [-0.4, -0.2) is 267 Å². The first kappa shape index (κ1) is 62.3. The second-order valence-corrected chi connectivity index (χ2v) is 26.4. The second kappa shape index (κ2) is 22.5. The lowest BCUT2D eigenvalue weighted by molar-refractivity contribution is -0.374. The van der Waals surface area contributed by atoms with Gasteiger partial charge in [-0.3, -0.25) is 0 Å². The molecule has 456 valence electrons. The average Bonchev–Trinajstić information content (AvgIpc) is 3.52. The predicted molar refractivity (Wildman–Crippen MR) is 267 cm³/mol. The van der Waals surface area contributed by atoms with Gasteiger partial charge in [-0.1, -0.05) is 53.2 Å². The molecule has 0 unspecified atom stereocenters. The van der Waals surface area contributed by atoms with Gasteiger partial charge in [0.25, 0.3) is 0 Å². The maximum absolute atomic E-state index is 13.0. The van der Waals surface area contributed by atoms with Gasteiger partial charge < -0.3 is 125 Å². The number of fused-ring (bicyclic) bond motifs is 7. The normalized spacial score (nSPS) is 56.6. The molecule has 32 atom stereocenters. The molecule has 4 aliphatic heterocycles. The lowest BCUT2D eigenvalue weighted by atomic mass is 9.33. The van der Waals surface area contributed by atoms with Gasteiger partial charge in [0.05, 0.1) is 69.0 Å². The van der Waals surface area contributed by atoms with Crippen LogP contribution in [0, 0.1) is 50.2 Å². The summed E-state index contributed by atoms with van der Waals surface area (Å²) in [6.45, 7) is 10.7. The molecule has 4 saturated carbocycles. The van der Waals surface area contributed by atoms with Crippen molar-refractivity contribution in [2.45, 2.75) is 241 Å². The quantitative estimate of drug-likeness (QED) is 0.0771. The maximum atomic E-state index is 13.0. The molecule has 9 rings (SSSR count). The van der Waals surface area contributed by atoms with Crippen LogP contribution in [0.4, 0.5) is 0 Å². The number of ether oxygens (including phenoxy) is 8. The van der Waals surface area contributed by atoms with E-state index >= 15 is 0 Å².